The molecule has 2 fully saturated rings. The topological polar surface area (TPSA) is 53.9 Å². The van der Waals surface area contributed by atoms with Crippen molar-refractivity contribution in [2.24, 2.45) is 0 Å². The van der Waals surface area contributed by atoms with Gasteiger partial charge in [0.05, 0.1) is 6.20 Å². The number of aromatic nitrogens is 3. The Hall–Kier alpha value is -1.39. The Bertz CT molecular complexity index is 397. The lowest BCUT2D eigenvalue weighted by atomic mass is 9.96. The van der Waals surface area contributed by atoms with E-state index in [0.29, 0.717) is 12.0 Å². The van der Waals surface area contributed by atoms with Gasteiger partial charge in [-0.3, -0.25) is 0 Å². The molecule has 1 aromatic heterocycles. The molecule has 1 aliphatic heterocycles. The maximum absolute atomic E-state index is 4.63. The van der Waals surface area contributed by atoms with E-state index in [2.05, 4.69) is 25.4 Å². The maximum Gasteiger partial charge on any atom is 0.244 e. The lowest BCUT2D eigenvalue weighted by molar-refractivity contribution is 0.460. The van der Waals surface area contributed by atoms with Crippen molar-refractivity contribution in [3.63, 3.8) is 0 Å². The molecule has 3 rings (SSSR count). The monoisotopic (exact) mass is 261 g/mol. The third-order valence-corrected chi connectivity index (χ3v) is 4.16. The van der Waals surface area contributed by atoms with Gasteiger partial charge in [0.2, 0.25) is 5.95 Å². The molecule has 1 aliphatic carbocycles. The molecule has 2 heterocycles. The van der Waals surface area contributed by atoms with Crippen molar-refractivity contribution in [1.82, 2.24) is 15.2 Å². The fourth-order valence-corrected chi connectivity index (χ4v) is 3.06. The van der Waals surface area contributed by atoms with E-state index in [1.54, 1.807) is 6.20 Å². The van der Waals surface area contributed by atoms with Gasteiger partial charge in [0.15, 0.2) is 5.82 Å². The van der Waals surface area contributed by atoms with Gasteiger partial charge in [0, 0.05) is 19.1 Å². The molecule has 0 bridgehead atoms. The van der Waals surface area contributed by atoms with Gasteiger partial charge in [-0.05, 0) is 32.1 Å². The second-order valence-electron chi connectivity index (χ2n) is 5.67. The molecule has 2 aliphatic rings. The van der Waals surface area contributed by atoms with Gasteiger partial charge in [0.1, 0.15) is 0 Å². The van der Waals surface area contributed by atoms with Crippen LogP contribution in [0, 0.1) is 0 Å². The number of nitrogens with one attached hydrogen (secondary N) is 1. The SMILES string of the molecule is c1nnc(NC2CCCCC2)nc1N1CCCCC1. The number of rotatable bonds is 3. The zero-order valence-corrected chi connectivity index (χ0v) is 11.5. The van der Waals surface area contributed by atoms with E-state index in [4.69, 9.17) is 0 Å². The molecule has 1 saturated carbocycles. The van der Waals surface area contributed by atoms with Gasteiger partial charge < -0.3 is 10.2 Å². The smallest absolute Gasteiger partial charge is 0.244 e. The first kappa shape index (κ1) is 12.6. The van der Waals surface area contributed by atoms with Crippen LogP contribution in [0.25, 0.3) is 0 Å². The Labute approximate surface area is 114 Å². The van der Waals surface area contributed by atoms with Crippen LogP contribution in [0.4, 0.5) is 11.8 Å². The summed E-state index contributed by atoms with van der Waals surface area (Å²) in [6, 6.07) is 0.534. The quantitative estimate of drug-likeness (QED) is 0.906. The second kappa shape index (κ2) is 6.17. The average molecular weight is 261 g/mol. The van der Waals surface area contributed by atoms with Crippen LogP contribution in [-0.2, 0) is 0 Å². The summed E-state index contributed by atoms with van der Waals surface area (Å²) >= 11 is 0. The highest BCUT2D eigenvalue weighted by Crippen LogP contribution is 2.21. The molecule has 1 N–H and O–H groups in total. The van der Waals surface area contributed by atoms with E-state index in [1.165, 1.54) is 51.4 Å². The Morgan fingerprint density at radius 2 is 1.74 bits per heavy atom. The highest BCUT2D eigenvalue weighted by atomic mass is 15.3. The van der Waals surface area contributed by atoms with E-state index >= 15 is 0 Å². The van der Waals surface area contributed by atoms with Crippen LogP contribution in [0.5, 0.6) is 0 Å². The van der Waals surface area contributed by atoms with E-state index < -0.39 is 0 Å². The van der Waals surface area contributed by atoms with Crippen LogP contribution in [0.15, 0.2) is 6.20 Å². The Morgan fingerprint density at radius 3 is 2.53 bits per heavy atom. The number of hydrogen-bond acceptors (Lipinski definition) is 5. The van der Waals surface area contributed by atoms with Crippen molar-refractivity contribution < 1.29 is 0 Å². The molecule has 0 radical (unpaired) electrons. The Morgan fingerprint density at radius 1 is 1.00 bits per heavy atom. The molecule has 0 spiro atoms. The fourth-order valence-electron chi connectivity index (χ4n) is 3.06. The van der Waals surface area contributed by atoms with Crippen molar-refractivity contribution in [2.75, 3.05) is 23.3 Å². The zero-order valence-electron chi connectivity index (χ0n) is 11.5. The molecule has 0 amide bonds. The lowest BCUT2D eigenvalue weighted by Gasteiger charge is -2.28. The minimum Gasteiger partial charge on any atom is -0.355 e. The Kier molecular flexibility index (Phi) is 4.10. The second-order valence-corrected chi connectivity index (χ2v) is 5.67. The highest BCUT2D eigenvalue weighted by Gasteiger charge is 2.16. The molecule has 1 saturated heterocycles. The summed E-state index contributed by atoms with van der Waals surface area (Å²) in [5, 5.41) is 11.7. The lowest BCUT2D eigenvalue weighted by Crippen LogP contribution is -2.31. The molecule has 1 aromatic rings. The number of hydrogen-bond donors (Lipinski definition) is 1. The highest BCUT2D eigenvalue weighted by molar-refractivity contribution is 5.40. The van der Waals surface area contributed by atoms with Crippen LogP contribution in [-0.4, -0.2) is 34.3 Å². The summed E-state index contributed by atoms with van der Waals surface area (Å²) in [4.78, 5) is 6.96. The van der Waals surface area contributed by atoms with Gasteiger partial charge >= 0.3 is 0 Å². The average Bonchev–Trinajstić information content (AvgIpc) is 2.49. The molecule has 19 heavy (non-hydrogen) atoms. The van der Waals surface area contributed by atoms with Gasteiger partial charge in [-0.15, -0.1) is 5.10 Å². The summed E-state index contributed by atoms with van der Waals surface area (Å²) in [6.07, 6.45) is 12.1. The van der Waals surface area contributed by atoms with Gasteiger partial charge in [0.25, 0.3) is 0 Å². The normalized spacial score (nSPS) is 21.4. The first-order valence-electron chi connectivity index (χ1n) is 7.63. The predicted molar refractivity (Wildman–Crippen MR) is 76.4 cm³/mol. The van der Waals surface area contributed by atoms with Gasteiger partial charge in [-0.1, -0.05) is 19.3 Å². The first-order valence-corrected chi connectivity index (χ1v) is 7.63. The van der Waals surface area contributed by atoms with E-state index in [-0.39, 0.29) is 0 Å². The van der Waals surface area contributed by atoms with Crippen molar-refractivity contribution in [2.45, 2.75) is 57.4 Å². The van der Waals surface area contributed by atoms with E-state index in [0.717, 1.165) is 18.9 Å². The predicted octanol–water partition coefficient (Wildman–Crippen LogP) is 2.61. The van der Waals surface area contributed by atoms with Gasteiger partial charge in [-0.25, -0.2) is 0 Å². The first-order chi connectivity index (χ1) is 9.42. The summed E-state index contributed by atoms with van der Waals surface area (Å²) in [5.74, 6) is 1.68. The third kappa shape index (κ3) is 3.33. The van der Waals surface area contributed by atoms with Crippen molar-refractivity contribution in [3.05, 3.63) is 6.20 Å². The number of piperidine rings is 1. The van der Waals surface area contributed by atoms with Crippen LogP contribution in [0.3, 0.4) is 0 Å². The summed E-state index contributed by atoms with van der Waals surface area (Å²) in [6.45, 7) is 2.20. The van der Waals surface area contributed by atoms with Crippen LogP contribution in [0.1, 0.15) is 51.4 Å². The molecule has 0 atom stereocenters. The maximum atomic E-state index is 4.63. The summed E-state index contributed by atoms with van der Waals surface area (Å²) in [5.41, 5.74) is 0. The van der Waals surface area contributed by atoms with E-state index in [1.807, 2.05) is 0 Å². The van der Waals surface area contributed by atoms with Crippen molar-refractivity contribution >= 4 is 11.8 Å². The third-order valence-electron chi connectivity index (χ3n) is 4.16. The van der Waals surface area contributed by atoms with Crippen molar-refractivity contribution in [3.8, 4) is 0 Å². The minimum atomic E-state index is 0.534. The minimum absolute atomic E-state index is 0.534. The molecular weight excluding hydrogens is 238 g/mol. The van der Waals surface area contributed by atoms with Crippen molar-refractivity contribution in [1.29, 1.82) is 0 Å². The molecule has 0 aromatic carbocycles. The molecule has 5 heteroatoms. The van der Waals surface area contributed by atoms with Crippen LogP contribution >= 0.6 is 0 Å². The molecular formula is C14H23N5. The van der Waals surface area contributed by atoms with E-state index in [9.17, 15) is 0 Å². The molecule has 104 valence electrons. The van der Waals surface area contributed by atoms with Gasteiger partial charge in [-0.2, -0.15) is 10.1 Å². The fraction of sp³-hybridized carbons (Fsp3) is 0.786. The van der Waals surface area contributed by atoms with Crippen LogP contribution < -0.4 is 10.2 Å². The number of nitrogens with zero attached hydrogens (tertiary/aromatic N) is 4. The summed E-state index contributed by atoms with van der Waals surface area (Å²) < 4.78 is 0. The standard InChI is InChI=1S/C14H23N5/c1-3-7-12(8-4-1)16-14-17-13(11-15-18-14)19-9-5-2-6-10-19/h11-12H,1-10H2,(H,16,17,18). The zero-order chi connectivity index (χ0) is 12.9. The Balaban J connectivity index is 1.64. The van der Waals surface area contributed by atoms with Crippen LogP contribution in [0.2, 0.25) is 0 Å². The number of anilines is 2. The summed E-state index contributed by atoms with van der Waals surface area (Å²) in [7, 11) is 0. The molecule has 5 nitrogen and oxygen atoms in total. The molecule has 0 unspecified atom stereocenters. The largest absolute Gasteiger partial charge is 0.355 e.